The zero-order valence-electron chi connectivity index (χ0n) is 21.9. The molecule has 1 aliphatic rings. The summed E-state index contributed by atoms with van der Waals surface area (Å²) in [7, 11) is 0. The molecule has 0 saturated carbocycles. The summed E-state index contributed by atoms with van der Waals surface area (Å²) < 4.78 is 0. The summed E-state index contributed by atoms with van der Waals surface area (Å²) in [6, 6.07) is 22.5. The number of carboxylic acid groups (broad SMARTS) is 1. The number of aromatic nitrogens is 1. The maximum absolute atomic E-state index is 13.5. The van der Waals surface area contributed by atoms with Gasteiger partial charge in [0.15, 0.2) is 0 Å². The van der Waals surface area contributed by atoms with Gasteiger partial charge in [-0.05, 0) is 67.5 Å². The van der Waals surface area contributed by atoms with E-state index in [0.29, 0.717) is 6.42 Å². The quantitative estimate of drug-likeness (QED) is 0.261. The first-order valence-corrected chi connectivity index (χ1v) is 13.5. The van der Waals surface area contributed by atoms with Crippen LogP contribution in [-0.2, 0) is 22.4 Å². The average molecular weight is 510 g/mol. The summed E-state index contributed by atoms with van der Waals surface area (Å²) in [4.78, 5) is 30.2. The maximum Gasteiger partial charge on any atom is 0.303 e. The average Bonchev–Trinajstić information content (AvgIpc) is 3.34. The molecular weight excluding hydrogens is 474 g/mol. The molecule has 3 N–H and O–H groups in total. The van der Waals surface area contributed by atoms with Crippen LogP contribution in [0.25, 0.3) is 10.9 Å². The van der Waals surface area contributed by atoms with Gasteiger partial charge in [-0.3, -0.25) is 9.59 Å². The molecule has 1 saturated heterocycles. The number of H-pyrrole nitrogens is 1. The summed E-state index contributed by atoms with van der Waals surface area (Å²) >= 11 is 0. The minimum Gasteiger partial charge on any atom is -0.481 e. The van der Waals surface area contributed by atoms with Gasteiger partial charge in [-0.15, -0.1) is 0 Å². The van der Waals surface area contributed by atoms with Gasteiger partial charge in [0.1, 0.15) is 0 Å². The Morgan fingerprint density at radius 1 is 1.00 bits per heavy atom. The number of anilines is 1. The number of benzene rings is 3. The molecule has 0 aliphatic carbocycles. The van der Waals surface area contributed by atoms with Crippen LogP contribution in [0.5, 0.6) is 0 Å². The van der Waals surface area contributed by atoms with Crippen LogP contribution >= 0.6 is 0 Å². The molecule has 5 rings (SSSR count). The Balaban J connectivity index is 1.41. The third kappa shape index (κ3) is 5.91. The number of carbonyl (C=O) groups is 2. The SMILES string of the molecule is Cc1ccc(C(NC(=O)Cc2ccc3[nH]cc(CCC(=O)O)c3c2)c2ccccc2N2CCCCC2)cc1. The number of piperidine rings is 1. The van der Waals surface area contributed by atoms with Crippen LogP contribution < -0.4 is 10.2 Å². The van der Waals surface area contributed by atoms with Crippen LogP contribution in [-0.4, -0.2) is 35.1 Å². The number of aryl methyl sites for hydroxylation is 2. The van der Waals surface area contributed by atoms with Crippen molar-refractivity contribution < 1.29 is 14.7 Å². The van der Waals surface area contributed by atoms with Gasteiger partial charge >= 0.3 is 5.97 Å². The first-order valence-electron chi connectivity index (χ1n) is 13.5. The summed E-state index contributed by atoms with van der Waals surface area (Å²) in [5.41, 5.74) is 7.35. The number of aromatic amines is 1. The molecule has 1 aromatic heterocycles. The Hall–Kier alpha value is -4.06. The highest BCUT2D eigenvalue weighted by Gasteiger charge is 2.23. The van der Waals surface area contributed by atoms with Crippen molar-refractivity contribution in [2.24, 2.45) is 0 Å². The fraction of sp³-hybridized carbons (Fsp3) is 0.312. The minimum absolute atomic E-state index is 0.0500. The summed E-state index contributed by atoms with van der Waals surface area (Å²) in [6.45, 7) is 4.14. The lowest BCUT2D eigenvalue weighted by Gasteiger charge is -2.33. The molecular formula is C32H35N3O3. The molecule has 2 heterocycles. The molecule has 196 valence electrons. The maximum atomic E-state index is 13.5. The second-order valence-electron chi connectivity index (χ2n) is 10.3. The van der Waals surface area contributed by atoms with E-state index in [2.05, 4.69) is 70.7 Å². The molecule has 1 fully saturated rings. The topological polar surface area (TPSA) is 85.4 Å². The number of fused-ring (bicyclic) bond motifs is 1. The minimum atomic E-state index is -0.818. The molecule has 0 spiro atoms. The predicted molar refractivity (Wildman–Crippen MR) is 152 cm³/mol. The van der Waals surface area contributed by atoms with E-state index in [4.69, 9.17) is 5.11 Å². The standard InChI is InChI=1S/C32H35N3O3/c1-22-9-12-24(13-10-22)32(26-7-3-4-8-29(26)35-17-5-2-6-18-35)34-30(36)20-23-11-15-28-27(19-23)25(21-33-28)14-16-31(37)38/h3-4,7-13,15,19,21,32-33H,2,5-6,14,16-18,20H2,1H3,(H,34,36)(H,37,38). The van der Waals surface area contributed by atoms with Crippen LogP contribution in [0.2, 0.25) is 0 Å². The first kappa shape index (κ1) is 25.6. The summed E-state index contributed by atoms with van der Waals surface area (Å²) in [5, 5.41) is 13.4. The smallest absolute Gasteiger partial charge is 0.303 e. The highest BCUT2D eigenvalue weighted by atomic mass is 16.4. The normalized spacial score (nSPS) is 14.4. The summed E-state index contributed by atoms with van der Waals surface area (Å²) in [5.74, 6) is -0.868. The van der Waals surface area contributed by atoms with E-state index in [1.807, 2.05) is 24.4 Å². The molecule has 38 heavy (non-hydrogen) atoms. The number of nitrogens with one attached hydrogen (secondary N) is 2. The van der Waals surface area contributed by atoms with E-state index in [9.17, 15) is 9.59 Å². The van der Waals surface area contributed by atoms with Crippen molar-refractivity contribution in [2.75, 3.05) is 18.0 Å². The van der Waals surface area contributed by atoms with Crippen molar-refractivity contribution in [2.45, 2.75) is 51.5 Å². The van der Waals surface area contributed by atoms with Crippen LogP contribution in [0.3, 0.4) is 0 Å². The molecule has 0 bridgehead atoms. The van der Waals surface area contributed by atoms with Gasteiger partial charge in [-0.1, -0.05) is 54.1 Å². The van der Waals surface area contributed by atoms with E-state index in [1.54, 1.807) is 0 Å². The Morgan fingerprint density at radius 2 is 1.76 bits per heavy atom. The molecule has 6 nitrogen and oxygen atoms in total. The van der Waals surface area contributed by atoms with Crippen molar-refractivity contribution in [1.82, 2.24) is 10.3 Å². The van der Waals surface area contributed by atoms with Crippen molar-refractivity contribution in [3.63, 3.8) is 0 Å². The van der Waals surface area contributed by atoms with Crippen LogP contribution in [0.1, 0.15) is 59.5 Å². The van der Waals surface area contributed by atoms with E-state index >= 15 is 0 Å². The predicted octanol–water partition coefficient (Wildman–Crippen LogP) is 5.93. The lowest BCUT2D eigenvalue weighted by Crippen LogP contribution is -2.34. The van der Waals surface area contributed by atoms with Gasteiger partial charge in [-0.25, -0.2) is 0 Å². The molecule has 1 atom stereocenters. The number of rotatable bonds is 9. The Labute approximate surface area is 223 Å². The number of hydrogen-bond acceptors (Lipinski definition) is 3. The molecule has 3 aromatic carbocycles. The van der Waals surface area contributed by atoms with Crippen molar-refractivity contribution in [3.05, 3.63) is 101 Å². The molecule has 1 unspecified atom stereocenters. The van der Waals surface area contributed by atoms with Crippen molar-refractivity contribution >= 4 is 28.5 Å². The summed E-state index contributed by atoms with van der Waals surface area (Å²) in [6.07, 6.45) is 6.27. The van der Waals surface area contributed by atoms with Crippen LogP contribution in [0.4, 0.5) is 5.69 Å². The fourth-order valence-corrected chi connectivity index (χ4v) is 5.44. The van der Waals surface area contributed by atoms with Crippen LogP contribution in [0.15, 0.2) is 72.9 Å². The number of nitrogens with zero attached hydrogens (tertiary/aromatic N) is 1. The van der Waals surface area contributed by atoms with Gasteiger partial charge in [0, 0.05) is 47.9 Å². The van der Waals surface area contributed by atoms with Gasteiger partial charge in [0.05, 0.1) is 12.5 Å². The van der Waals surface area contributed by atoms with Gasteiger partial charge in [-0.2, -0.15) is 0 Å². The Morgan fingerprint density at radius 3 is 2.53 bits per heavy atom. The largest absolute Gasteiger partial charge is 0.481 e. The second-order valence-corrected chi connectivity index (χ2v) is 10.3. The second kappa shape index (κ2) is 11.5. The van der Waals surface area contributed by atoms with E-state index in [0.717, 1.165) is 46.2 Å². The molecule has 4 aromatic rings. The molecule has 1 amide bonds. The van der Waals surface area contributed by atoms with Gasteiger partial charge < -0.3 is 20.3 Å². The molecule has 6 heteroatoms. The number of hydrogen-bond donors (Lipinski definition) is 3. The third-order valence-electron chi connectivity index (χ3n) is 7.47. The Kier molecular flexibility index (Phi) is 7.78. The van der Waals surface area contributed by atoms with E-state index in [1.165, 1.54) is 30.5 Å². The molecule has 1 aliphatic heterocycles. The number of carboxylic acids is 1. The van der Waals surface area contributed by atoms with Crippen LogP contribution in [0, 0.1) is 6.92 Å². The van der Waals surface area contributed by atoms with Crippen molar-refractivity contribution in [1.29, 1.82) is 0 Å². The van der Waals surface area contributed by atoms with Gasteiger partial charge in [0.25, 0.3) is 0 Å². The first-order chi connectivity index (χ1) is 18.5. The lowest BCUT2D eigenvalue weighted by molar-refractivity contribution is -0.137. The molecule has 0 radical (unpaired) electrons. The highest BCUT2D eigenvalue weighted by molar-refractivity contribution is 5.87. The lowest BCUT2D eigenvalue weighted by atomic mass is 9.94. The zero-order valence-corrected chi connectivity index (χ0v) is 21.9. The fourth-order valence-electron chi connectivity index (χ4n) is 5.44. The number of carbonyl (C=O) groups excluding carboxylic acids is 1. The number of aliphatic carboxylic acids is 1. The highest BCUT2D eigenvalue weighted by Crippen LogP contribution is 2.33. The number of amides is 1. The van der Waals surface area contributed by atoms with E-state index < -0.39 is 5.97 Å². The van der Waals surface area contributed by atoms with Crippen molar-refractivity contribution in [3.8, 4) is 0 Å². The number of para-hydroxylation sites is 1. The van der Waals surface area contributed by atoms with Gasteiger partial charge in [0.2, 0.25) is 5.91 Å². The third-order valence-corrected chi connectivity index (χ3v) is 7.47. The van der Waals surface area contributed by atoms with E-state index in [-0.39, 0.29) is 24.8 Å². The zero-order chi connectivity index (χ0) is 26.5. The Bertz CT molecular complexity index is 1420. The monoisotopic (exact) mass is 509 g/mol.